The maximum Gasteiger partial charge on any atom is 0.309 e. The van der Waals surface area contributed by atoms with Crippen molar-refractivity contribution in [2.75, 3.05) is 7.11 Å². The number of rotatable bonds is 4. The van der Waals surface area contributed by atoms with E-state index in [1.165, 1.54) is 5.57 Å². The Morgan fingerprint density at radius 1 is 1.33 bits per heavy atom. The third-order valence-corrected chi connectivity index (χ3v) is 5.74. The predicted molar refractivity (Wildman–Crippen MR) is 92.8 cm³/mol. The molecule has 0 aromatic carbocycles. The lowest BCUT2D eigenvalue weighted by atomic mass is 9.72. The molecule has 0 radical (unpaired) electrons. The number of methoxy groups -OCH3 is 1. The van der Waals surface area contributed by atoms with Crippen molar-refractivity contribution in [1.82, 2.24) is 10.6 Å². The van der Waals surface area contributed by atoms with Gasteiger partial charge < -0.3 is 15.4 Å². The summed E-state index contributed by atoms with van der Waals surface area (Å²) in [6.45, 7) is 4.55. The fourth-order valence-electron chi connectivity index (χ4n) is 4.16. The van der Waals surface area contributed by atoms with Crippen LogP contribution in [0.15, 0.2) is 23.2 Å². The second-order valence-corrected chi connectivity index (χ2v) is 8.16. The number of dihydropyridines is 1. The molecule has 3 aliphatic rings. The molecular formula is C18H29N3O3. The molecule has 1 unspecified atom stereocenters. The predicted octanol–water partition coefficient (Wildman–Crippen LogP) is 3.09. The Morgan fingerprint density at radius 3 is 2.67 bits per heavy atom. The lowest BCUT2D eigenvalue weighted by molar-refractivity contribution is -0.421. The standard InChI is InChI=1S/C18H29N3O3/c1-18(2)9-8-12-10-16(21(22)23)17(20-15(12)11-18)19-13-4-6-14(24-3)7-5-13/h10,13-15,19-20H,4-9,11H2,1-3H3. The molecule has 134 valence electrons. The Morgan fingerprint density at radius 2 is 2.04 bits per heavy atom. The molecule has 0 spiro atoms. The zero-order valence-corrected chi connectivity index (χ0v) is 14.9. The van der Waals surface area contributed by atoms with E-state index in [-0.39, 0.29) is 28.1 Å². The minimum atomic E-state index is -0.265. The summed E-state index contributed by atoms with van der Waals surface area (Å²) in [7, 11) is 1.76. The van der Waals surface area contributed by atoms with E-state index in [9.17, 15) is 10.1 Å². The summed E-state index contributed by atoms with van der Waals surface area (Å²) in [4.78, 5) is 11.2. The Labute approximate surface area is 143 Å². The van der Waals surface area contributed by atoms with Gasteiger partial charge in [-0.1, -0.05) is 13.8 Å². The third kappa shape index (κ3) is 3.74. The van der Waals surface area contributed by atoms with E-state index in [2.05, 4.69) is 24.5 Å². The number of nitrogens with zero attached hydrogens (tertiary/aromatic N) is 1. The highest BCUT2D eigenvalue weighted by molar-refractivity contribution is 5.33. The number of nitro groups is 1. The number of hydrogen-bond acceptors (Lipinski definition) is 5. The van der Waals surface area contributed by atoms with Crippen molar-refractivity contribution in [3.8, 4) is 0 Å². The van der Waals surface area contributed by atoms with Crippen LogP contribution < -0.4 is 10.6 Å². The SMILES string of the molecule is COC1CCC(NC2=C([N+](=O)[O-])C=C3CCC(C)(C)CC3N2)CC1. The highest BCUT2D eigenvalue weighted by Gasteiger charge is 2.37. The van der Waals surface area contributed by atoms with Crippen molar-refractivity contribution in [3.63, 3.8) is 0 Å². The van der Waals surface area contributed by atoms with Crippen LogP contribution in [0, 0.1) is 15.5 Å². The molecule has 6 nitrogen and oxygen atoms in total. The summed E-state index contributed by atoms with van der Waals surface area (Å²) in [5, 5.41) is 18.4. The average molecular weight is 335 g/mol. The maximum absolute atomic E-state index is 11.5. The van der Waals surface area contributed by atoms with Crippen LogP contribution in [-0.4, -0.2) is 30.2 Å². The molecule has 3 rings (SSSR count). The maximum atomic E-state index is 11.5. The van der Waals surface area contributed by atoms with Gasteiger partial charge in [-0.2, -0.15) is 0 Å². The van der Waals surface area contributed by atoms with Gasteiger partial charge in [0, 0.05) is 25.3 Å². The van der Waals surface area contributed by atoms with Crippen LogP contribution >= 0.6 is 0 Å². The van der Waals surface area contributed by atoms with Crippen molar-refractivity contribution < 1.29 is 9.66 Å². The van der Waals surface area contributed by atoms with Gasteiger partial charge in [0.25, 0.3) is 0 Å². The molecular weight excluding hydrogens is 306 g/mol. The third-order valence-electron chi connectivity index (χ3n) is 5.74. The number of nitrogens with one attached hydrogen (secondary N) is 2. The van der Waals surface area contributed by atoms with Crippen LogP contribution in [0.1, 0.15) is 58.8 Å². The first-order chi connectivity index (χ1) is 11.4. The van der Waals surface area contributed by atoms with Gasteiger partial charge in [0.2, 0.25) is 0 Å². The molecule has 1 atom stereocenters. The van der Waals surface area contributed by atoms with Crippen LogP contribution in [0.4, 0.5) is 0 Å². The smallest absolute Gasteiger partial charge is 0.309 e. The number of allylic oxidation sites excluding steroid dienone is 1. The van der Waals surface area contributed by atoms with Crippen molar-refractivity contribution in [2.24, 2.45) is 5.41 Å². The van der Waals surface area contributed by atoms with Gasteiger partial charge >= 0.3 is 5.70 Å². The average Bonchev–Trinajstić information content (AvgIpc) is 2.54. The quantitative estimate of drug-likeness (QED) is 0.610. The van der Waals surface area contributed by atoms with Crippen LogP contribution in [0.3, 0.4) is 0 Å². The van der Waals surface area contributed by atoms with Crippen LogP contribution in [0.2, 0.25) is 0 Å². The lowest BCUT2D eigenvalue weighted by Crippen LogP contribution is -2.48. The fourth-order valence-corrected chi connectivity index (χ4v) is 4.16. The van der Waals surface area contributed by atoms with E-state index in [0.29, 0.717) is 11.9 Å². The fraction of sp³-hybridized carbons (Fsp3) is 0.778. The first-order valence-corrected chi connectivity index (χ1v) is 9.03. The zero-order chi connectivity index (χ0) is 17.3. The minimum Gasteiger partial charge on any atom is -0.381 e. The van der Waals surface area contributed by atoms with Crippen molar-refractivity contribution in [3.05, 3.63) is 33.3 Å². The van der Waals surface area contributed by atoms with Gasteiger partial charge in [-0.25, -0.2) is 0 Å². The van der Waals surface area contributed by atoms with Gasteiger partial charge in [-0.3, -0.25) is 10.1 Å². The van der Waals surface area contributed by atoms with Crippen LogP contribution in [-0.2, 0) is 4.74 Å². The molecule has 2 aliphatic carbocycles. The van der Waals surface area contributed by atoms with E-state index in [4.69, 9.17) is 4.74 Å². The molecule has 0 bridgehead atoms. The molecule has 2 saturated carbocycles. The van der Waals surface area contributed by atoms with E-state index >= 15 is 0 Å². The lowest BCUT2D eigenvalue weighted by Gasteiger charge is -2.40. The highest BCUT2D eigenvalue weighted by Crippen LogP contribution is 2.40. The summed E-state index contributed by atoms with van der Waals surface area (Å²) in [5.41, 5.74) is 1.65. The summed E-state index contributed by atoms with van der Waals surface area (Å²) in [6, 6.07) is 0.496. The number of ether oxygens (including phenoxy) is 1. The molecule has 0 amide bonds. The second kappa shape index (κ2) is 6.75. The van der Waals surface area contributed by atoms with Gasteiger partial charge in [0.1, 0.15) is 0 Å². The molecule has 0 saturated heterocycles. The van der Waals surface area contributed by atoms with Gasteiger partial charge in [-0.05, 0) is 55.9 Å². The monoisotopic (exact) mass is 335 g/mol. The summed E-state index contributed by atoms with van der Waals surface area (Å²) < 4.78 is 5.41. The Hall–Kier alpha value is -1.56. The molecule has 1 heterocycles. The van der Waals surface area contributed by atoms with Crippen LogP contribution in [0.25, 0.3) is 0 Å². The molecule has 0 aromatic heterocycles. The van der Waals surface area contributed by atoms with E-state index in [1.54, 1.807) is 13.2 Å². The van der Waals surface area contributed by atoms with E-state index in [1.807, 2.05) is 0 Å². The second-order valence-electron chi connectivity index (χ2n) is 8.16. The Balaban J connectivity index is 1.74. The van der Waals surface area contributed by atoms with Gasteiger partial charge in [-0.15, -0.1) is 0 Å². The largest absolute Gasteiger partial charge is 0.381 e. The first-order valence-electron chi connectivity index (χ1n) is 9.03. The summed E-state index contributed by atoms with van der Waals surface area (Å²) >= 11 is 0. The highest BCUT2D eigenvalue weighted by atomic mass is 16.6. The van der Waals surface area contributed by atoms with E-state index < -0.39 is 0 Å². The summed E-state index contributed by atoms with van der Waals surface area (Å²) in [5.74, 6) is 0.604. The molecule has 6 heteroatoms. The first kappa shape index (κ1) is 17.3. The number of hydrogen-bond donors (Lipinski definition) is 2. The van der Waals surface area contributed by atoms with Crippen molar-refractivity contribution in [2.45, 2.75) is 77.0 Å². The topological polar surface area (TPSA) is 76.4 Å². The number of fused-ring (bicyclic) bond motifs is 1. The van der Waals surface area contributed by atoms with Gasteiger partial charge in [0.15, 0.2) is 5.82 Å². The summed E-state index contributed by atoms with van der Waals surface area (Å²) in [6.07, 6.45) is 9.17. The van der Waals surface area contributed by atoms with E-state index in [0.717, 1.165) is 44.9 Å². The molecule has 24 heavy (non-hydrogen) atoms. The van der Waals surface area contributed by atoms with Crippen molar-refractivity contribution in [1.29, 1.82) is 0 Å². The normalized spacial score (nSPS) is 32.5. The minimum absolute atomic E-state index is 0.190. The van der Waals surface area contributed by atoms with Gasteiger partial charge in [0.05, 0.1) is 11.0 Å². The Kier molecular flexibility index (Phi) is 4.85. The molecule has 1 aliphatic heterocycles. The zero-order valence-electron chi connectivity index (χ0n) is 14.9. The van der Waals surface area contributed by atoms with Crippen LogP contribution in [0.5, 0.6) is 0 Å². The molecule has 2 fully saturated rings. The molecule has 2 N–H and O–H groups in total. The molecule has 0 aromatic rings. The van der Waals surface area contributed by atoms with Crippen molar-refractivity contribution >= 4 is 0 Å². The Bertz CT molecular complexity index is 560.